The highest BCUT2D eigenvalue weighted by molar-refractivity contribution is 7.89. The Hall–Kier alpha value is -1.08. The van der Waals surface area contributed by atoms with Crippen molar-refractivity contribution in [2.75, 3.05) is 18.4 Å². The van der Waals surface area contributed by atoms with Crippen LogP contribution in [0.3, 0.4) is 0 Å². The van der Waals surface area contributed by atoms with Gasteiger partial charge >= 0.3 is 0 Å². The van der Waals surface area contributed by atoms with E-state index in [9.17, 15) is 8.42 Å². The smallest absolute Gasteiger partial charge is 0.243 e. The Labute approximate surface area is 140 Å². The Morgan fingerprint density at radius 2 is 1.73 bits per heavy atom. The molecule has 2 rings (SSSR count). The van der Waals surface area contributed by atoms with Gasteiger partial charge in [-0.25, -0.2) is 8.42 Å². The molecule has 0 saturated heterocycles. The average molecular weight is 359 g/mol. The Morgan fingerprint density at radius 1 is 1.09 bits per heavy atom. The van der Waals surface area contributed by atoms with E-state index in [2.05, 4.69) is 5.32 Å². The molecule has 0 aliphatic carbocycles. The van der Waals surface area contributed by atoms with Gasteiger partial charge in [0.25, 0.3) is 0 Å². The molecule has 7 heteroatoms. The van der Waals surface area contributed by atoms with Gasteiger partial charge in [-0.2, -0.15) is 4.31 Å². The Bertz CT molecular complexity index is 707. The molecule has 0 aliphatic rings. The number of halogens is 1. The molecule has 1 aromatic carbocycles. The molecule has 0 fully saturated rings. The predicted octanol–water partition coefficient (Wildman–Crippen LogP) is 4.04. The fourth-order valence-electron chi connectivity index (χ4n) is 2.09. The van der Waals surface area contributed by atoms with E-state index in [1.165, 1.54) is 15.6 Å². The third-order valence-corrected chi connectivity index (χ3v) is 6.59. The summed E-state index contributed by atoms with van der Waals surface area (Å²) in [4.78, 5) is 1.45. The zero-order valence-electron chi connectivity index (χ0n) is 12.5. The second kappa shape index (κ2) is 7.46. The summed E-state index contributed by atoms with van der Waals surface area (Å²) in [5.74, 6) is 0. The highest BCUT2D eigenvalue weighted by atomic mass is 35.5. The lowest BCUT2D eigenvalue weighted by Crippen LogP contribution is -2.30. The second-order valence-electron chi connectivity index (χ2n) is 4.67. The van der Waals surface area contributed by atoms with Crippen molar-refractivity contribution in [1.82, 2.24) is 4.31 Å². The number of hydrogen-bond donors (Lipinski definition) is 1. The fraction of sp³-hybridized carbons (Fsp3) is 0.333. The number of nitrogens with zero attached hydrogens (tertiary/aromatic N) is 1. The van der Waals surface area contributed by atoms with Gasteiger partial charge in [-0.1, -0.05) is 25.4 Å². The van der Waals surface area contributed by atoms with Gasteiger partial charge in [0.05, 0.1) is 9.23 Å². The Morgan fingerprint density at radius 3 is 2.23 bits per heavy atom. The van der Waals surface area contributed by atoms with E-state index in [0.717, 1.165) is 14.9 Å². The van der Waals surface area contributed by atoms with Crippen LogP contribution in [0.1, 0.15) is 18.7 Å². The number of nitrogens with one attached hydrogen (secondary N) is 1. The summed E-state index contributed by atoms with van der Waals surface area (Å²) in [7, 11) is -3.39. The minimum atomic E-state index is -3.39. The van der Waals surface area contributed by atoms with Crippen LogP contribution in [0.2, 0.25) is 4.34 Å². The summed E-state index contributed by atoms with van der Waals surface area (Å²) in [5.41, 5.74) is 0.878. The lowest BCUT2D eigenvalue weighted by atomic mass is 10.3. The quantitative estimate of drug-likeness (QED) is 0.812. The zero-order chi connectivity index (χ0) is 16.2. The maximum Gasteiger partial charge on any atom is 0.243 e. The fourth-order valence-corrected chi connectivity index (χ4v) is 4.58. The molecular formula is C15H19ClN2O2S2. The van der Waals surface area contributed by atoms with Crippen LogP contribution in [0.5, 0.6) is 0 Å². The number of thiophene rings is 1. The van der Waals surface area contributed by atoms with Crippen LogP contribution >= 0.6 is 22.9 Å². The van der Waals surface area contributed by atoms with Crippen LogP contribution < -0.4 is 5.32 Å². The molecule has 0 radical (unpaired) electrons. The summed E-state index contributed by atoms with van der Waals surface area (Å²) in [6, 6.07) is 10.7. The van der Waals surface area contributed by atoms with Crippen LogP contribution in [0.25, 0.3) is 0 Å². The van der Waals surface area contributed by atoms with Crippen molar-refractivity contribution in [3.63, 3.8) is 0 Å². The van der Waals surface area contributed by atoms with Crippen molar-refractivity contribution < 1.29 is 8.42 Å². The number of benzene rings is 1. The number of anilines is 1. The predicted molar refractivity (Wildman–Crippen MR) is 93.2 cm³/mol. The van der Waals surface area contributed by atoms with Gasteiger partial charge in [-0.15, -0.1) is 11.3 Å². The van der Waals surface area contributed by atoms with E-state index in [0.29, 0.717) is 24.5 Å². The summed E-state index contributed by atoms with van der Waals surface area (Å²) in [6.45, 7) is 5.28. The summed E-state index contributed by atoms with van der Waals surface area (Å²) >= 11 is 7.41. The van der Waals surface area contributed by atoms with Crippen molar-refractivity contribution in [3.05, 3.63) is 45.6 Å². The highest BCUT2D eigenvalue weighted by Gasteiger charge is 2.21. The van der Waals surface area contributed by atoms with E-state index in [1.807, 2.05) is 26.0 Å². The van der Waals surface area contributed by atoms with Gasteiger partial charge in [-0.3, -0.25) is 0 Å². The molecule has 1 aromatic heterocycles. The third-order valence-electron chi connectivity index (χ3n) is 3.29. The molecule has 1 heterocycles. The first-order valence-corrected chi connectivity index (χ1v) is 9.69. The SMILES string of the molecule is CCN(CC)S(=O)(=O)c1ccc(NCc2ccc(Cl)s2)cc1. The first-order valence-electron chi connectivity index (χ1n) is 7.05. The van der Waals surface area contributed by atoms with E-state index in [4.69, 9.17) is 11.6 Å². The van der Waals surface area contributed by atoms with E-state index >= 15 is 0 Å². The van der Waals surface area contributed by atoms with E-state index < -0.39 is 10.0 Å². The summed E-state index contributed by atoms with van der Waals surface area (Å²) < 4.78 is 27.0. The molecule has 0 atom stereocenters. The molecule has 0 unspecified atom stereocenters. The molecule has 0 bridgehead atoms. The topological polar surface area (TPSA) is 49.4 Å². The van der Waals surface area contributed by atoms with Crippen LogP contribution in [0.4, 0.5) is 5.69 Å². The normalized spacial score (nSPS) is 11.8. The minimum absolute atomic E-state index is 0.320. The van der Waals surface area contributed by atoms with Gasteiger partial charge in [0.15, 0.2) is 0 Å². The van der Waals surface area contributed by atoms with Gasteiger partial charge in [0.1, 0.15) is 0 Å². The largest absolute Gasteiger partial charge is 0.380 e. The zero-order valence-corrected chi connectivity index (χ0v) is 14.9. The van der Waals surface area contributed by atoms with Crippen LogP contribution in [-0.4, -0.2) is 25.8 Å². The summed E-state index contributed by atoms with van der Waals surface area (Å²) in [5, 5.41) is 3.25. The monoisotopic (exact) mass is 358 g/mol. The maximum atomic E-state index is 12.4. The molecule has 0 saturated carbocycles. The molecule has 2 aromatic rings. The maximum absolute atomic E-state index is 12.4. The molecule has 22 heavy (non-hydrogen) atoms. The molecule has 0 aliphatic heterocycles. The van der Waals surface area contributed by atoms with Gasteiger partial charge < -0.3 is 5.32 Å². The average Bonchev–Trinajstić information content (AvgIpc) is 2.92. The second-order valence-corrected chi connectivity index (χ2v) is 8.41. The van der Waals surface area contributed by atoms with Crippen molar-refractivity contribution in [2.45, 2.75) is 25.3 Å². The van der Waals surface area contributed by atoms with E-state index in [-0.39, 0.29) is 0 Å². The molecule has 120 valence electrons. The standard InChI is InChI=1S/C15H19ClN2O2S2/c1-3-18(4-2)22(19,20)14-8-5-12(6-9-14)17-11-13-7-10-15(16)21-13/h5-10,17H,3-4,11H2,1-2H3. The lowest BCUT2D eigenvalue weighted by molar-refractivity contribution is 0.445. The van der Waals surface area contributed by atoms with Crippen LogP contribution in [0, 0.1) is 0 Å². The van der Waals surface area contributed by atoms with Crippen LogP contribution in [-0.2, 0) is 16.6 Å². The first kappa shape index (κ1) is 17.3. The number of sulfonamides is 1. The van der Waals surface area contributed by atoms with Crippen molar-refractivity contribution in [1.29, 1.82) is 0 Å². The van der Waals surface area contributed by atoms with Crippen LogP contribution in [0.15, 0.2) is 41.3 Å². The van der Waals surface area contributed by atoms with Gasteiger partial charge in [-0.05, 0) is 36.4 Å². The van der Waals surface area contributed by atoms with Gasteiger partial charge in [0.2, 0.25) is 10.0 Å². The van der Waals surface area contributed by atoms with E-state index in [1.54, 1.807) is 24.3 Å². The molecular weight excluding hydrogens is 340 g/mol. The van der Waals surface area contributed by atoms with Crippen molar-refractivity contribution >= 4 is 38.6 Å². The molecule has 4 nitrogen and oxygen atoms in total. The highest BCUT2D eigenvalue weighted by Crippen LogP contribution is 2.23. The van der Waals surface area contributed by atoms with Crippen molar-refractivity contribution in [3.8, 4) is 0 Å². The molecule has 1 N–H and O–H groups in total. The van der Waals surface area contributed by atoms with Crippen molar-refractivity contribution in [2.24, 2.45) is 0 Å². The minimum Gasteiger partial charge on any atom is -0.380 e. The lowest BCUT2D eigenvalue weighted by Gasteiger charge is -2.18. The van der Waals surface area contributed by atoms with Gasteiger partial charge in [0, 0.05) is 30.2 Å². The molecule has 0 amide bonds. The summed E-state index contributed by atoms with van der Waals surface area (Å²) in [6.07, 6.45) is 0. The number of hydrogen-bond acceptors (Lipinski definition) is 4. The Balaban J connectivity index is 2.07. The molecule has 0 spiro atoms. The number of rotatable bonds is 7. The third kappa shape index (κ3) is 4.01. The Kier molecular flexibility index (Phi) is 5.86. The first-order chi connectivity index (χ1) is 10.5.